The van der Waals surface area contributed by atoms with Gasteiger partial charge in [-0.25, -0.2) is 4.98 Å². The Bertz CT molecular complexity index is 641. The van der Waals surface area contributed by atoms with Crippen LogP contribution in [0.2, 0.25) is 0 Å². The van der Waals surface area contributed by atoms with Crippen LogP contribution in [-0.2, 0) is 24.4 Å². The van der Waals surface area contributed by atoms with Crippen molar-refractivity contribution in [3.05, 3.63) is 47.9 Å². The van der Waals surface area contributed by atoms with E-state index in [0.29, 0.717) is 5.92 Å². The minimum Gasteiger partial charge on any atom is -0.481 e. The topological polar surface area (TPSA) is 39.5 Å². The summed E-state index contributed by atoms with van der Waals surface area (Å²) in [6.07, 6.45) is 5.06. The third-order valence-electron chi connectivity index (χ3n) is 4.59. The number of hydrogen-bond acceptors (Lipinski definition) is 4. The molecule has 5 nitrogen and oxygen atoms in total. The Morgan fingerprint density at radius 1 is 1.25 bits per heavy atom. The summed E-state index contributed by atoms with van der Waals surface area (Å²) >= 11 is 0. The van der Waals surface area contributed by atoms with Gasteiger partial charge in [0.05, 0.1) is 7.11 Å². The minimum atomic E-state index is 0.591. The molecule has 0 aliphatic carbocycles. The normalized spacial score (nSPS) is 18.2. The Morgan fingerprint density at radius 3 is 3.00 bits per heavy atom. The zero-order chi connectivity index (χ0) is 16.8. The maximum absolute atomic E-state index is 5.58. The molecule has 2 aromatic heterocycles. The standard InChI is InChI=1S/C19H27N3O2/c1-3-24-11-8-16-12-21(15-18-7-5-10-22(18)13-16)14-17-6-4-9-20-19(17)23-2/h4-7,9-10,16H,3,8,11-15H2,1-2H3/t16-/m1/s1. The first-order valence-corrected chi connectivity index (χ1v) is 8.72. The van der Waals surface area contributed by atoms with Crippen LogP contribution in [0.3, 0.4) is 0 Å². The second kappa shape index (κ2) is 8.31. The first kappa shape index (κ1) is 17.0. The molecular formula is C19H27N3O2. The van der Waals surface area contributed by atoms with Gasteiger partial charge in [0.2, 0.25) is 5.88 Å². The van der Waals surface area contributed by atoms with E-state index in [9.17, 15) is 0 Å². The number of methoxy groups -OCH3 is 1. The molecule has 1 aliphatic heterocycles. The minimum absolute atomic E-state index is 0.591. The Hall–Kier alpha value is -1.85. The lowest BCUT2D eigenvalue weighted by molar-refractivity contribution is 0.118. The van der Waals surface area contributed by atoms with Crippen LogP contribution in [0, 0.1) is 5.92 Å². The predicted octanol–water partition coefficient (Wildman–Crippen LogP) is 2.95. The molecule has 0 bridgehead atoms. The van der Waals surface area contributed by atoms with Crippen LogP contribution in [0.25, 0.3) is 0 Å². The number of pyridine rings is 1. The van der Waals surface area contributed by atoms with Gasteiger partial charge < -0.3 is 14.0 Å². The van der Waals surface area contributed by atoms with Crippen LogP contribution in [0.1, 0.15) is 24.6 Å². The molecule has 0 unspecified atom stereocenters. The molecule has 0 saturated heterocycles. The van der Waals surface area contributed by atoms with Crippen molar-refractivity contribution in [3.63, 3.8) is 0 Å². The third-order valence-corrected chi connectivity index (χ3v) is 4.59. The average Bonchev–Trinajstić information content (AvgIpc) is 2.95. The van der Waals surface area contributed by atoms with Crippen molar-refractivity contribution in [1.82, 2.24) is 14.5 Å². The summed E-state index contributed by atoms with van der Waals surface area (Å²) in [5, 5.41) is 0. The second-order valence-corrected chi connectivity index (χ2v) is 6.34. The molecule has 3 heterocycles. The van der Waals surface area contributed by atoms with E-state index < -0.39 is 0 Å². The molecule has 0 radical (unpaired) electrons. The van der Waals surface area contributed by atoms with Gasteiger partial charge in [-0.3, -0.25) is 4.90 Å². The molecule has 0 N–H and O–H groups in total. The van der Waals surface area contributed by atoms with E-state index in [1.165, 1.54) is 5.69 Å². The van der Waals surface area contributed by atoms with Gasteiger partial charge in [0.15, 0.2) is 0 Å². The fourth-order valence-electron chi connectivity index (χ4n) is 3.43. The molecule has 0 amide bonds. The summed E-state index contributed by atoms with van der Waals surface area (Å²) in [4.78, 5) is 6.82. The second-order valence-electron chi connectivity index (χ2n) is 6.34. The van der Waals surface area contributed by atoms with Crippen LogP contribution in [0.4, 0.5) is 0 Å². The lowest BCUT2D eigenvalue weighted by Crippen LogP contribution is -2.28. The van der Waals surface area contributed by atoms with Crippen LogP contribution >= 0.6 is 0 Å². The van der Waals surface area contributed by atoms with Crippen molar-refractivity contribution in [2.45, 2.75) is 33.0 Å². The Labute approximate surface area is 144 Å². The highest BCUT2D eigenvalue weighted by atomic mass is 16.5. The molecule has 130 valence electrons. The van der Waals surface area contributed by atoms with Crippen molar-refractivity contribution in [1.29, 1.82) is 0 Å². The number of nitrogens with zero attached hydrogens (tertiary/aromatic N) is 3. The molecule has 2 aromatic rings. The van der Waals surface area contributed by atoms with E-state index in [4.69, 9.17) is 9.47 Å². The summed E-state index contributed by atoms with van der Waals surface area (Å²) in [5.74, 6) is 1.32. The van der Waals surface area contributed by atoms with E-state index in [2.05, 4.69) is 45.8 Å². The highest BCUT2D eigenvalue weighted by Crippen LogP contribution is 2.23. The van der Waals surface area contributed by atoms with E-state index in [0.717, 1.165) is 57.3 Å². The molecule has 0 fully saturated rings. The average molecular weight is 329 g/mol. The van der Waals surface area contributed by atoms with Gasteiger partial charge in [-0.15, -0.1) is 0 Å². The van der Waals surface area contributed by atoms with Crippen LogP contribution in [0.5, 0.6) is 5.88 Å². The summed E-state index contributed by atoms with van der Waals surface area (Å²) < 4.78 is 13.4. The quantitative estimate of drug-likeness (QED) is 0.732. The zero-order valence-electron chi connectivity index (χ0n) is 14.6. The van der Waals surface area contributed by atoms with Crippen molar-refractivity contribution < 1.29 is 9.47 Å². The Kier molecular flexibility index (Phi) is 5.88. The lowest BCUT2D eigenvalue weighted by Gasteiger charge is -2.24. The predicted molar refractivity (Wildman–Crippen MR) is 93.9 cm³/mol. The molecule has 0 saturated carbocycles. The van der Waals surface area contributed by atoms with Crippen LogP contribution < -0.4 is 4.74 Å². The van der Waals surface area contributed by atoms with Crippen molar-refractivity contribution in [2.24, 2.45) is 5.92 Å². The number of aromatic nitrogens is 2. The summed E-state index contributed by atoms with van der Waals surface area (Å²) in [7, 11) is 1.68. The van der Waals surface area contributed by atoms with Gasteiger partial charge >= 0.3 is 0 Å². The summed E-state index contributed by atoms with van der Waals surface area (Å²) in [5.41, 5.74) is 2.51. The highest BCUT2D eigenvalue weighted by molar-refractivity contribution is 5.25. The third kappa shape index (κ3) is 4.16. The number of hydrogen-bond donors (Lipinski definition) is 0. The monoisotopic (exact) mass is 329 g/mol. The van der Waals surface area contributed by atoms with Gasteiger partial charge in [0, 0.05) is 63.0 Å². The summed E-state index contributed by atoms with van der Waals surface area (Å²) in [6.45, 7) is 7.62. The van der Waals surface area contributed by atoms with Crippen LogP contribution in [0.15, 0.2) is 36.7 Å². The van der Waals surface area contributed by atoms with E-state index >= 15 is 0 Å². The molecule has 1 aliphatic rings. The Morgan fingerprint density at radius 2 is 2.17 bits per heavy atom. The maximum atomic E-state index is 5.58. The smallest absolute Gasteiger partial charge is 0.217 e. The molecule has 0 spiro atoms. The van der Waals surface area contributed by atoms with Gasteiger partial charge in [0.25, 0.3) is 0 Å². The maximum Gasteiger partial charge on any atom is 0.217 e. The van der Waals surface area contributed by atoms with E-state index in [1.54, 1.807) is 13.3 Å². The SMILES string of the molecule is CCOCC[C@@H]1CN(Cc2cccnc2OC)Cc2cccn2C1. The first-order chi connectivity index (χ1) is 11.8. The van der Waals surface area contributed by atoms with Gasteiger partial charge in [-0.2, -0.15) is 0 Å². The van der Waals surface area contributed by atoms with Crippen molar-refractivity contribution >= 4 is 0 Å². The lowest BCUT2D eigenvalue weighted by atomic mass is 10.1. The van der Waals surface area contributed by atoms with E-state index in [-0.39, 0.29) is 0 Å². The van der Waals surface area contributed by atoms with Gasteiger partial charge in [0.1, 0.15) is 0 Å². The Balaban J connectivity index is 1.74. The molecule has 3 rings (SSSR count). The molecule has 0 aromatic carbocycles. The number of ether oxygens (including phenoxy) is 2. The van der Waals surface area contributed by atoms with Gasteiger partial charge in [-0.05, 0) is 37.5 Å². The fraction of sp³-hybridized carbons (Fsp3) is 0.526. The zero-order valence-corrected chi connectivity index (χ0v) is 14.6. The molecule has 1 atom stereocenters. The largest absolute Gasteiger partial charge is 0.481 e. The highest BCUT2D eigenvalue weighted by Gasteiger charge is 2.22. The van der Waals surface area contributed by atoms with Gasteiger partial charge in [-0.1, -0.05) is 6.07 Å². The van der Waals surface area contributed by atoms with E-state index in [1.807, 2.05) is 6.07 Å². The van der Waals surface area contributed by atoms with Crippen LogP contribution in [-0.4, -0.2) is 41.3 Å². The first-order valence-electron chi connectivity index (χ1n) is 8.72. The van der Waals surface area contributed by atoms with Crippen molar-refractivity contribution in [2.75, 3.05) is 26.9 Å². The number of fused-ring (bicyclic) bond motifs is 1. The van der Waals surface area contributed by atoms with Crippen molar-refractivity contribution in [3.8, 4) is 5.88 Å². The number of rotatable bonds is 7. The molecule has 24 heavy (non-hydrogen) atoms. The fourth-order valence-corrected chi connectivity index (χ4v) is 3.43. The summed E-state index contributed by atoms with van der Waals surface area (Å²) in [6, 6.07) is 8.44. The molecule has 5 heteroatoms. The molecular weight excluding hydrogens is 302 g/mol.